The van der Waals surface area contributed by atoms with Crippen molar-refractivity contribution in [2.75, 3.05) is 0 Å². The molecule has 0 spiro atoms. The van der Waals surface area contributed by atoms with Crippen LogP contribution in [-0.4, -0.2) is 0 Å². The maximum atomic E-state index is 2.26. The zero-order valence-electron chi connectivity index (χ0n) is 12.9. The van der Waals surface area contributed by atoms with Gasteiger partial charge in [0.05, 0.1) is 0 Å². The Labute approximate surface area is 126 Å². The molecule has 0 fully saturated rings. The van der Waals surface area contributed by atoms with Gasteiger partial charge in [0.2, 0.25) is 0 Å². The van der Waals surface area contributed by atoms with Gasteiger partial charge in [0.25, 0.3) is 0 Å². The van der Waals surface area contributed by atoms with E-state index in [1.165, 1.54) is 38.2 Å². The van der Waals surface area contributed by atoms with Crippen molar-refractivity contribution >= 4 is 27.1 Å². The van der Waals surface area contributed by atoms with Crippen LogP contribution in [0.1, 0.15) is 25.0 Å². The number of benzene rings is 2. The largest absolute Gasteiger partial charge is 0.0841 e. The van der Waals surface area contributed by atoms with Crippen LogP contribution in [0.2, 0.25) is 0 Å². The predicted molar refractivity (Wildman–Crippen MR) is 94.3 cm³/mol. The van der Waals surface area contributed by atoms with Gasteiger partial charge in [0, 0.05) is 0 Å². The zero-order chi connectivity index (χ0) is 14.8. The Morgan fingerprint density at radius 2 is 1.48 bits per heavy atom. The molecule has 0 aromatic heterocycles. The molecule has 0 saturated carbocycles. The van der Waals surface area contributed by atoms with Crippen LogP contribution in [0.4, 0.5) is 0 Å². The van der Waals surface area contributed by atoms with Crippen molar-refractivity contribution in [2.24, 2.45) is 0 Å². The minimum Gasteiger partial charge on any atom is -0.0841 e. The molecule has 3 aromatic rings. The molecule has 104 valence electrons. The maximum Gasteiger partial charge on any atom is -0.00701 e. The Morgan fingerprint density at radius 3 is 2.19 bits per heavy atom. The highest BCUT2D eigenvalue weighted by Gasteiger charge is 2.07. The number of hydrogen-bond donors (Lipinski definition) is 0. The van der Waals surface area contributed by atoms with E-state index in [0.29, 0.717) is 0 Å². The van der Waals surface area contributed by atoms with Gasteiger partial charge in [0.1, 0.15) is 0 Å². The van der Waals surface area contributed by atoms with E-state index in [2.05, 4.69) is 87.5 Å². The highest BCUT2D eigenvalue weighted by atomic mass is 14.1. The molecule has 3 rings (SSSR count). The summed E-state index contributed by atoms with van der Waals surface area (Å²) in [7, 11) is 0. The van der Waals surface area contributed by atoms with Crippen LogP contribution in [0.3, 0.4) is 0 Å². The highest BCUT2D eigenvalue weighted by Crippen LogP contribution is 2.32. The Balaban J connectivity index is 2.57. The van der Waals surface area contributed by atoms with Crippen LogP contribution in [0, 0.1) is 6.92 Å². The molecule has 0 amide bonds. The number of rotatable bonds is 1. The molecule has 0 aliphatic rings. The third kappa shape index (κ3) is 2.38. The quantitative estimate of drug-likeness (QED) is 0.488. The van der Waals surface area contributed by atoms with Gasteiger partial charge in [-0.1, -0.05) is 66.7 Å². The molecule has 0 heterocycles. The van der Waals surface area contributed by atoms with Gasteiger partial charge in [0.15, 0.2) is 0 Å². The van der Waals surface area contributed by atoms with E-state index in [1.807, 2.05) is 0 Å². The number of allylic oxidation sites excluding steroid dienone is 2. The summed E-state index contributed by atoms with van der Waals surface area (Å²) in [5, 5.41) is 5.28. The number of aryl methyl sites for hydroxylation is 1. The second kappa shape index (κ2) is 5.57. The van der Waals surface area contributed by atoms with Crippen LogP contribution >= 0.6 is 0 Å². The Kier molecular flexibility index (Phi) is 3.62. The molecule has 0 radical (unpaired) electrons. The Morgan fingerprint density at radius 1 is 0.810 bits per heavy atom. The fraction of sp³-hybridized carbons (Fsp3) is 0.143. The van der Waals surface area contributed by atoms with E-state index in [0.717, 1.165) is 0 Å². The van der Waals surface area contributed by atoms with Crippen LogP contribution in [0.5, 0.6) is 0 Å². The topological polar surface area (TPSA) is 0 Å². The molecule has 3 aromatic carbocycles. The Bertz CT molecular complexity index is 867. The average Bonchev–Trinajstić information content (AvgIpc) is 2.51. The second-order valence-electron chi connectivity index (χ2n) is 5.48. The Hall–Kier alpha value is -2.34. The summed E-state index contributed by atoms with van der Waals surface area (Å²) in [6.07, 6.45) is 2.18. The molecular weight excluding hydrogens is 252 g/mol. The summed E-state index contributed by atoms with van der Waals surface area (Å²) in [5.74, 6) is 0. The molecular formula is C21H20. The molecule has 0 heteroatoms. The molecule has 0 nitrogen and oxygen atoms in total. The molecule has 2 bridgehead atoms. The number of fused-ring (bicyclic) bond motifs is 1. The van der Waals surface area contributed by atoms with E-state index < -0.39 is 0 Å². The third-order valence-electron chi connectivity index (χ3n) is 4.26. The molecule has 0 aliphatic carbocycles. The number of hydrogen-bond acceptors (Lipinski definition) is 0. The molecule has 0 saturated heterocycles. The summed E-state index contributed by atoms with van der Waals surface area (Å²) in [6.45, 7) is 6.50. The molecule has 0 aliphatic heterocycles. The van der Waals surface area contributed by atoms with Crippen LogP contribution in [-0.2, 0) is 0 Å². The van der Waals surface area contributed by atoms with E-state index in [1.54, 1.807) is 0 Å². The van der Waals surface area contributed by atoms with E-state index in [-0.39, 0.29) is 0 Å². The molecule has 0 N–H and O–H groups in total. The zero-order valence-corrected chi connectivity index (χ0v) is 12.9. The molecule has 0 atom stereocenters. The second-order valence-corrected chi connectivity index (χ2v) is 5.48. The fourth-order valence-corrected chi connectivity index (χ4v) is 2.94. The smallest absolute Gasteiger partial charge is 0.00701 e. The van der Waals surface area contributed by atoms with Crippen molar-refractivity contribution in [1.29, 1.82) is 0 Å². The first-order valence-electron chi connectivity index (χ1n) is 7.43. The minimum absolute atomic E-state index is 1.29. The van der Waals surface area contributed by atoms with Gasteiger partial charge in [-0.2, -0.15) is 0 Å². The van der Waals surface area contributed by atoms with Gasteiger partial charge in [-0.05, 0) is 59.0 Å². The SMILES string of the molecule is C/C=C(\C)c1ccc2ccccccc3ccc1c2c3C. The van der Waals surface area contributed by atoms with Gasteiger partial charge in [-0.15, -0.1) is 0 Å². The fourth-order valence-electron chi connectivity index (χ4n) is 2.94. The normalized spacial score (nSPS) is 11.9. The summed E-state index contributed by atoms with van der Waals surface area (Å²) in [4.78, 5) is 0. The van der Waals surface area contributed by atoms with Crippen molar-refractivity contribution in [3.8, 4) is 0 Å². The highest BCUT2D eigenvalue weighted by molar-refractivity contribution is 6.08. The lowest BCUT2D eigenvalue weighted by atomic mass is 9.92. The lowest BCUT2D eigenvalue weighted by Gasteiger charge is -2.12. The van der Waals surface area contributed by atoms with Crippen molar-refractivity contribution in [3.63, 3.8) is 0 Å². The lowest BCUT2D eigenvalue weighted by molar-refractivity contribution is 1.55. The van der Waals surface area contributed by atoms with Crippen LogP contribution < -0.4 is 0 Å². The third-order valence-corrected chi connectivity index (χ3v) is 4.26. The standard InChI is InChI=1S/C21H20/c1-4-15(2)19-13-12-18-10-8-6-5-7-9-17-11-14-20(19)21(18)16(17)3/h4-14H,1-3H3/b6-5?,7-5?,8-6?,9-7?,10-8?,15-4+,17-9?,18-10?. The van der Waals surface area contributed by atoms with Crippen LogP contribution in [0.15, 0.2) is 66.7 Å². The first-order valence-corrected chi connectivity index (χ1v) is 7.43. The molecule has 21 heavy (non-hydrogen) atoms. The van der Waals surface area contributed by atoms with E-state index in [9.17, 15) is 0 Å². The van der Waals surface area contributed by atoms with Crippen molar-refractivity contribution in [3.05, 3.63) is 77.9 Å². The molecule has 0 unspecified atom stereocenters. The van der Waals surface area contributed by atoms with E-state index >= 15 is 0 Å². The minimum atomic E-state index is 1.29. The average molecular weight is 272 g/mol. The van der Waals surface area contributed by atoms with Gasteiger partial charge in [-0.25, -0.2) is 0 Å². The van der Waals surface area contributed by atoms with E-state index in [4.69, 9.17) is 0 Å². The van der Waals surface area contributed by atoms with Gasteiger partial charge >= 0.3 is 0 Å². The monoisotopic (exact) mass is 272 g/mol. The van der Waals surface area contributed by atoms with Crippen LogP contribution in [0.25, 0.3) is 27.1 Å². The van der Waals surface area contributed by atoms with Crippen molar-refractivity contribution in [1.82, 2.24) is 0 Å². The van der Waals surface area contributed by atoms with Crippen molar-refractivity contribution in [2.45, 2.75) is 20.8 Å². The predicted octanol–water partition coefficient (Wildman–Crippen LogP) is 6.29. The summed E-state index contributed by atoms with van der Waals surface area (Å²) >= 11 is 0. The first kappa shape index (κ1) is 13.6. The maximum absolute atomic E-state index is 2.26. The van der Waals surface area contributed by atoms with Crippen molar-refractivity contribution < 1.29 is 0 Å². The summed E-state index contributed by atoms with van der Waals surface area (Å²) in [5.41, 5.74) is 4.01. The first-order chi connectivity index (χ1) is 10.2. The summed E-state index contributed by atoms with van der Waals surface area (Å²) in [6, 6.07) is 21.7. The summed E-state index contributed by atoms with van der Waals surface area (Å²) < 4.78 is 0. The van der Waals surface area contributed by atoms with Gasteiger partial charge < -0.3 is 0 Å². The van der Waals surface area contributed by atoms with Gasteiger partial charge in [-0.3, -0.25) is 0 Å². The lowest BCUT2D eigenvalue weighted by Crippen LogP contribution is -1.87.